The first kappa shape index (κ1) is 22.4. The minimum atomic E-state index is 0.0696. The summed E-state index contributed by atoms with van der Waals surface area (Å²) in [4.78, 5) is 28.6. The van der Waals surface area contributed by atoms with E-state index in [1.165, 1.54) is 11.1 Å². The molecule has 2 saturated heterocycles. The van der Waals surface area contributed by atoms with E-state index in [1.807, 2.05) is 40.1 Å². The van der Waals surface area contributed by atoms with Gasteiger partial charge in [0.2, 0.25) is 5.91 Å². The van der Waals surface area contributed by atoms with Gasteiger partial charge < -0.3 is 14.5 Å². The van der Waals surface area contributed by atoms with Crippen LogP contribution in [0.2, 0.25) is 0 Å². The molecule has 2 aliphatic rings. The van der Waals surface area contributed by atoms with Gasteiger partial charge in [0.1, 0.15) is 5.75 Å². The minimum Gasteiger partial charge on any atom is -0.484 e. The van der Waals surface area contributed by atoms with Gasteiger partial charge in [0.15, 0.2) is 6.61 Å². The number of hydrogen-bond donors (Lipinski definition) is 0. The summed E-state index contributed by atoms with van der Waals surface area (Å²) in [6.07, 6.45) is 6.84. The van der Waals surface area contributed by atoms with Crippen molar-refractivity contribution in [2.24, 2.45) is 5.92 Å². The SMILES string of the molecule is O=C(CCc1ccc(CC2CCN(C(=O)COc3ccccc3)CC2)cc1)N1CCCC1. The number of amides is 2. The molecule has 4 rings (SSSR count). The third kappa shape index (κ3) is 6.35. The summed E-state index contributed by atoms with van der Waals surface area (Å²) in [6.45, 7) is 3.58. The molecule has 0 bridgehead atoms. The first-order valence-electron chi connectivity index (χ1n) is 12.0. The van der Waals surface area contributed by atoms with Gasteiger partial charge in [0, 0.05) is 32.6 Å². The molecule has 0 N–H and O–H groups in total. The summed E-state index contributed by atoms with van der Waals surface area (Å²) >= 11 is 0. The Morgan fingerprint density at radius 3 is 2.09 bits per heavy atom. The second-order valence-corrected chi connectivity index (χ2v) is 9.03. The topological polar surface area (TPSA) is 49.9 Å². The Balaban J connectivity index is 1.16. The Morgan fingerprint density at radius 2 is 1.41 bits per heavy atom. The number of carbonyl (C=O) groups excluding carboxylic acids is 2. The lowest BCUT2D eigenvalue weighted by molar-refractivity contribution is -0.134. The number of nitrogens with zero attached hydrogens (tertiary/aromatic N) is 2. The molecule has 170 valence electrons. The van der Waals surface area contributed by atoms with Crippen molar-refractivity contribution in [2.75, 3.05) is 32.8 Å². The molecule has 2 fully saturated rings. The zero-order chi connectivity index (χ0) is 22.2. The minimum absolute atomic E-state index is 0.0696. The highest BCUT2D eigenvalue weighted by molar-refractivity contribution is 5.78. The number of ether oxygens (including phenoxy) is 1. The molecule has 2 aromatic carbocycles. The third-order valence-electron chi connectivity index (χ3n) is 6.71. The molecule has 32 heavy (non-hydrogen) atoms. The highest BCUT2D eigenvalue weighted by Crippen LogP contribution is 2.22. The van der Waals surface area contributed by atoms with Crippen molar-refractivity contribution in [3.63, 3.8) is 0 Å². The second kappa shape index (κ2) is 11.2. The van der Waals surface area contributed by atoms with Gasteiger partial charge in [0.05, 0.1) is 0 Å². The van der Waals surface area contributed by atoms with Crippen molar-refractivity contribution < 1.29 is 14.3 Å². The molecule has 2 aliphatic heterocycles. The van der Waals surface area contributed by atoms with Crippen LogP contribution in [0.1, 0.15) is 43.2 Å². The summed E-state index contributed by atoms with van der Waals surface area (Å²) in [5.41, 5.74) is 2.58. The van der Waals surface area contributed by atoms with Crippen molar-refractivity contribution in [3.05, 3.63) is 65.7 Å². The van der Waals surface area contributed by atoms with Crippen LogP contribution in [-0.2, 0) is 22.4 Å². The summed E-state index contributed by atoms with van der Waals surface area (Å²) in [5.74, 6) is 1.71. The predicted octanol–water partition coefficient (Wildman–Crippen LogP) is 4.10. The fourth-order valence-electron chi connectivity index (χ4n) is 4.69. The molecule has 0 saturated carbocycles. The smallest absolute Gasteiger partial charge is 0.260 e. The number of likely N-dealkylation sites (tertiary alicyclic amines) is 2. The van der Waals surface area contributed by atoms with Gasteiger partial charge >= 0.3 is 0 Å². The van der Waals surface area contributed by atoms with Gasteiger partial charge in [0.25, 0.3) is 5.91 Å². The van der Waals surface area contributed by atoms with Gasteiger partial charge in [-0.2, -0.15) is 0 Å². The maximum atomic E-state index is 12.4. The van der Waals surface area contributed by atoms with Crippen molar-refractivity contribution in [1.29, 1.82) is 0 Å². The number of benzene rings is 2. The fourth-order valence-corrected chi connectivity index (χ4v) is 4.69. The van der Waals surface area contributed by atoms with E-state index in [0.717, 1.165) is 70.5 Å². The maximum Gasteiger partial charge on any atom is 0.260 e. The number of aryl methyl sites for hydroxylation is 1. The Labute approximate surface area is 191 Å². The van der Waals surface area contributed by atoms with Crippen molar-refractivity contribution in [3.8, 4) is 5.75 Å². The van der Waals surface area contributed by atoms with Crippen LogP contribution >= 0.6 is 0 Å². The van der Waals surface area contributed by atoms with E-state index >= 15 is 0 Å². The van der Waals surface area contributed by atoms with Crippen molar-refractivity contribution in [1.82, 2.24) is 9.80 Å². The molecule has 0 spiro atoms. The Hall–Kier alpha value is -2.82. The average molecular weight is 435 g/mol. The van der Waals surface area contributed by atoms with E-state index in [9.17, 15) is 9.59 Å². The molecule has 0 aromatic heterocycles. The molecule has 2 amide bonds. The zero-order valence-corrected chi connectivity index (χ0v) is 18.9. The zero-order valence-electron chi connectivity index (χ0n) is 18.9. The Morgan fingerprint density at radius 1 is 0.781 bits per heavy atom. The molecule has 5 nitrogen and oxygen atoms in total. The summed E-state index contributed by atoms with van der Waals surface area (Å²) in [5, 5.41) is 0. The number of rotatable bonds is 8. The van der Waals surface area contributed by atoms with Crippen LogP contribution in [0, 0.1) is 5.92 Å². The van der Waals surface area contributed by atoms with Gasteiger partial charge in [-0.05, 0) is 67.7 Å². The quantitative estimate of drug-likeness (QED) is 0.629. The molecule has 0 atom stereocenters. The number of para-hydroxylation sites is 1. The molecular formula is C27H34N2O3. The van der Waals surface area contributed by atoms with Crippen LogP contribution < -0.4 is 4.74 Å². The van der Waals surface area contributed by atoms with E-state index in [-0.39, 0.29) is 12.5 Å². The highest BCUT2D eigenvalue weighted by Gasteiger charge is 2.23. The largest absolute Gasteiger partial charge is 0.484 e. The molecule has 0 aliphatic carbocycles. The monoisotopic (exact) mass is 434 g/mol. The fraction of sp³-hybridized carbons (Fsp3) is 0.481. The van der Waals surface area contributed by atoms with E-state index in [2.05, 4.69) is 24.3 Å². The standard InChI is InChI=1S/C27H34N2O3/c30-26(28-16-4-5-17-28)13-12-22-8-10-23(11-9-22)20-24-14-18-29(19-15-24)27(31)21-32-25-6-2-1-3-7-25/h1-3,6-11,24H,4-5,12-21H2. The van der Waals surface area contributed by atoms with Crippen LogP contribution in [-0.4, -0.2) is 54.4 Å². The molecule has 0 unspecified atom stereocenters. The van der Waals surface area contributed by atoms with Crippen LogP contribution in [0.5, 0.6) is 5.75 Å². The summed E-state index contributed by atoms with van der Waals surface area (Å²) in [7, 11) is 0. The number of hydrogen-bond acceptors (Lipinski definition) is 3. The summed E-state index contributed by atoms with van der Waals surface area (Å²) in [6, 6.07) is 18.3. The van der Waals surface area contributed by atoms with E-state index < -0.39 is 0 Å². The maximum absolute atomic E-state index is 12.4. The van der Waals surface area contributed by atoms with Crippen LogP contribution in [0.25, 0.3) is 0 Å². The van der Waals surface area contributed by atoms with Crippen LogP contribution in [0.4, 0.5) is 0 Å². The number of carbonyl (C=O) groups is 2. The van der Waals surface area contributed by atoms with Crippen LogP contribution in [0.3, 0.4) is 0 Å². The summed E-state index contributed by atoms with van der Waals surface area (Å²) < 4.78 is 5.60. The number of piperidine rings is 1. The molecule has 2 heterocycles. The first-order valence-corrected chi connectivity index (χ1v) is 12.0. The van der Waals surface area contributed by atoms with Gasteiger partial charge in [-0.25, -0.2) is 0 Å². The molecular weight excluding hydrogens is 400 g/mol. The lowest BCUT2D eigenvalue weighted by Crippen LogP contribution is -2.41. The van der Waals surface area contributed by atoms with Crippen molar-refractivity contribution >= 4 is 11.8 Å². The first-order chi connectivity index (χ1) is 15.7. The van der Waals surface area contributed by atoms with Gasteiger partial charge in [-0.15, -0.1) is 0 Å². The predicted molar refractivity (Wildman–Crippen MR) is 126 cm³/mol. The van der Waals surface area contributed by atoms with Gasteiger partial charge in [-0.1, -0.05) is 42.5 Å². The highest BCUT2D eigenvalue weighted by atomic mass is 16.5. The molecule has 5 heteroatoms. The average Bonchev–Trinajstić information content (AvgIpc) is 3.38. The lowest BCUT2D eigenvalue weighted by Gasteiger charge is -2.32. The van der Waals surface area contributed by atoms with Crippen molar-refractivity contribution in [2.45, 2.75) is 44.9 Å². The Kier molecular flexibility index (Phi) is 7.81. The lowest BCUT2D eigenvalue weighted by atomic mass is 9.89. The molecule has 2 aromatic rings. The van der Waals surface area contributed by atoms with E-state index in [0.29, 0.717) is 18.2 Å². The Bertz CT molecular complexity index is 868. The molecule has 0 radical (unpaired) electrons. The van der Waals surface area contributed by atoms with Crippen LogP contribution in [0.15, 0.2) is 54.6 Å². The second-order valence-electron chi connectivity index (χ2n) is 9.03. The normalized spacial score (nSPS) is 16.9. The third-order valence-corrected chi connectivity index (χ3v) is 6.71. The van der Waals surface area contributed by atoms with Gasteiger partial charge in [-0.3, -0.25) is 9.59 Å². The van der Waals surface area contributed by atoms with E-state index in [1.54, 1.807) is 0 Å². The van der Waals surface area contributed by atoms with E-state index in [4.69, 9.17) is 4.74 Å².